The Hall–Kier alpha value is -2.52. The summed E-state index contributed by atoms with van der Waals surface area (Å²) in [6.45, 7) is 0. The van der Waals surface area contributed by atoms with Crippen molar-refractivity contribution in [3.8, 4) is 5.75 Å². The van der Waals surface area contributed by atoms with Gasteiger partial charge in [0.05, 0.1) is 5.69 Å². The van der Waals surface area contributed by atoms with Crippen molar-refractivity contribution in [3.63, 3.8) is 0 Å². The Bertz CT molecular complexity index is 992. The molecule has 0 N–H and O–H groups in total. The van der Waals surface area contributed by atoms with Gasteiger partial charge in [-0.1, -0.05) is 54.6 Å². The molecule has 23 heavy (non-hydrogen) atoms. The number of benzene rings is 3. The fourth-order valence-corrected chi connectivity index (χ4v) is 3.25. The van der Waals surface area contributed by atoms with Crippen LogP contribution in [0.15, 0.2) is 72.9 Å². The maximum absolute atomic E-state index is 5.30. The summed E-state index contributed by atoms with van der Waals surface area (Å²) in [5, 5.41) is 4.74. The lowest BCUT2D eigenvalue weighted by molar-refractivity contribution is 0.650. The average molecular weight is 317 g/mol. The van der Waals surface area contributed by atoms with Crippen molar-refractivity contribution in [2.24, 2.45) is 0 Å². The average Bonchev–Trinajstić information content (AvgIpc) is 2.62. The van der Waals surface area contributed by atoms with Crippen molar-refractivity contribution in [3.05, 3.63) is 84.2 Å². The largest absolute Gasteiger partial charge is 0.429 e. The van der Waals surface area contributed by atoms with Gasteiger partial charge < -0.3 is 4.18 Å². The van der Waals surface area contributed by atoms with Gasteiger partial charge >= 0.3 is 0 Å². The molecule has 0 atom stereocenters. The summed E-state index contributed by atoms with van der Waals surface area (Å²) >= 11 is 4.02. The molecule has 0 saturated carbocycles. The van der Waals surface area contributed by atoms with E-state index in [1.54, 1.807) is 0 Å². The molecule has 0 amide bonds. The molecule has 0 radical (unpaired) electrons. The van der Waals surface area contributed by atoms with E-state index in [1.807, 2.05) is 42.6 Å². The summed E-state index contributed by atoms with van der Waals surface area (Å²) < 4.78 is 5.30. The number of thiol groups is 1. The van der Waals surface area contributed by atoms with Gasteiger partial charge in [0, 0.05) is 36.5 Å². The number of fused-ring (bicyclic) bond motifs is 2. The summed E-state index contributed by atoms with van der Waals surface area (Å²) in [6, 6.07) is 22.7. The predicted octanol–water partition coefficient (Wildman–Crippen LogP) is 5.20. The molecule has 0 unspecified atom stereocenters. The van der Waals surface area contributed by atoms with Gasteiger partial charge in [-0.15, -0.1) is 0 Å². The van der Waals surface area contributed by atoms with E-state index in [2.05, 4.69) is 48.2 Å². The van der Waals surface area contributed by atoms with Gasteiger partial charge in [-0.2, -0.15) is 0 Å². The van der Waals surface area contributed by atoms with E-state index in [4.69, 9.17) is 4.18 Å². The fourth-order valence-electron chi connectivity index (χ4n) is 3.07. The van der Waals surface area contributed by atoms with Crippen LogP contribution in [-0.4, -0.2) is 4.98 Å². The Morgan fingerprint density at radius 1 is 0.783 bits per heavy atom. The zero-order valence-electron chi connectivity index (χ0n) is 12.4. The number of nitrogens with zero attached hydrogens (tertiary/aromatic N) is 1. The second-order valence-electron chi connectivity index (χ2n) is 5.51. The first kappa shape index (κ1) is 14.1. The SMILES string of the molecule is SOc1ccc2ccccc2c1Cc1nccc2ccccc12. The second-order valence-corrected chi connectivity index (χ2v) is 5.69. The van der Waals surface area contributed by atoms with Crippen LogP contribution in [0.1, 0.15) is 11.3 Å². The maximum Gasteiger partial charge on any atom is 0.141 e. The van der Waals surface area contributed by atoms with Crippen LogP contribution < -0.4 is 4.18 Å². The van der Waals surface area contributed by atoms with Crippen LogP contribution in [0.3, 0.4) is 0 Å². The van der Waals surface area contributed by atoms with Crippen LogP contribution in [0.5, 0.6) is 5.75 Å². The van der Waals surface area contributed by atoms with Gasteiger partial charge in [0.25, 0.3) is 0 Å². The quantitative estimate of drug-likeness (QED) is 0.414. The molecule has 1 heterocycles. The Morgan fingerprint density at radius 3 is 2.26 bits per heavy atom. The number of rotatable bonds is 3. The van der Waals surface area contributed by atoms with E-state index in [0.717, 1.165) is 17.0 Å². The molecule has 0 aliphatic heterocycles. The first-order valence-electron chi connectivity index (χ1n) is 7.51. The Morgan fingerprint density at radius 2 is 1.48 bits per heavy atom. The van der Waals surface area contributed by atoms with Gasteiger partial charge in [-0.05, 0) is 28.3 Å². The zero-order valence-corrected chi connectivity index (χ0v) is 13.3. The number of hydrogen-bond acceptors (Lipinski definition) is 3. The molecule has 0 spiro atoms. The minimum atomic E-state index is 0.707. The summed E-state index contributed by atoms with van der Waals surface area (Å²) in [7, 11) is 0. The summed E-state index contributed by atoms with van der Waals surface area (Å²) in [4.78, 5) is 4.60. The molecule has 0 fully saturated rings. The number of pyridine rings is 1. The predicted molar refractivity (Wildman–Crippen MR) is 98.1 cm³/mol. The van der Waals surface area contributed by atoms with Gasteiger partial charge in [0.15, 0.2) is 0 Å². The molecule has 0 bridgehead atoms. The zero-order chi connectivity index (χ0) is 15.6. The molecule has 0 aliphatic rings. The molecule has 0 aliphatic carbocycles. The minimum Gasteiger partial charge on any atom is -0.429 e. The standard InChI is InChI=1S/C20H15NOS/c23-22-20-10-9-14-5-1-3-7-16(14)18(20)13-19-17-8-4-2-6-15(17)11-12-21-19/h1-12,23H,13H2. The van der Waals surface area contributed by atoms with E-state index in [1.165, 1.54) is 21.5 Å². The fraction of sp³-hybridized carbons (Fsp3) is 0.0500. The molecule has 3 heteroatoms. The van der Waals surface area contributed by atoms with Crippen LogP contribution >= 0.6 is 12.9 Å². The minimum absolute atomic E-state index is 0.707. The van der Waals surface area contributed by atoms with E-state index in [9.17, 15) is 0 Å². The molecule has 4 aromatic rings. The van der Waals surface area contributed by atoms with E-state index in [-0.39, 0.29) is 0 Å². The lowest BCUT2D eigenvalue weighted by atomic mass is 9.97. The van der Waals surface area contributed by atoms with Crippen LogP contribution in [0.25, 0.3) is 21.5 Å². The lowest BCUT2D eigenvalue weighted by Crippen LogP contribution is -1.97. The Kier molecular flexibility index (Phi) is 3.64. The summed E-state index contributed by atoms with van der Waals surface area (Å²) in [6.07, 6.45) is 2.57. The first-order chi connectivity index (χ1) is 11.4. The van der Waals surface area contributed by atoms with Crippen molar-refractivity contribution in [2.45, 2.75) is 6.42 Å². The van der Waals surface area contributed by atoms with Gasteiger partial charge in [-0.25, -0.2) is 0 Å². The third kappa shape index (κ3) is 2.53. The summed E-state index contributed by atoms with van der Waals surface area (Å²) in [5.74, 6) is 0.779. The second kappa shape index (κ2) is 5.94. The van der Waals surface area contributed by atoms with Gasteiger partial charge in [-0.3, -0.25) is 4.98 Å². The van der Waals surface area contributed by atoms with Crippen LogP contribution in [0.2, 0.25) is 0 Å². The smallest absolute Gasteiger partial charge is 0.141 e. The highest BCUT2D eigenvalue weighted by Gasteiger charge is 2.12. The lowest BCUT2D eigenvalue weighted by Gasteiger charge is -2.12. The van der Waals surface area contributed by atoms with Crippen molar-refractivity contribution < 1.29 is 4.18 Å². The number of aromatic nitrogens is 1. The van der Waals surface area contributed by atoms with Crippen molar-refractivity contribution >= 4 is 34.5 Å². The molecule has 1 aromatic heterocycles. The molecule has 0 saturated heterocycles. The Balaban J connectivity index is 1.92. The van der Waals surface area contributed by atoms with Crippen LogP contribution in [-0.2, 0) is 6.42 Å². The van der Waals surface area contributed by atoms with Crippen molar-refractivity contribution in [2.75, 3.05) is 0 Å². The van der Waals surface area contributed by atoms with Crippen molar-refractivity contribution in [1.29, 1.82) is 0 Å². The highest BCUT2D eigenvalue weighted by molar-refractivity contribution is 7.75. The number of hydrogen-bond donors (Lipinski definition) is 1. The van der Waals surface area contributed by atoms with Crippen LogP contribution in [0, 0.1) is 0 Å². The summed E-state index contributed by atoms with van der Waals surface area (Å²) in [5.41, 5.74) is 2.16. The highest BCUT2D eigenvalue weighted by Crippen LogP contribution is 2.32. The first-order valence-corrected chi connectivity index (χ1v) is 7.88. The molecule has 2 nitrogen and oxygen atoms in total. The third-order valence-electron chi connectivity index (χ3n) is 4.20. The van der Waals surface area contributed by atoms with Gasteiger partial charge in [0.1, 0.15) is 5.75 Å². The highest BCUT2D eigenvalue weighted by atomic mass is 32.1. The van der Waals surface area contributed by atoms with E-state index >= 15 is 0 Å². The Labute approximate surface area is 140 Å². The molecule has 4 rings (SSSR count). The maximum atomic E-state index is 5.30. The van der Waals surface area contributed by atoms with E-state index in [0.29, 0.717) is 6.42 Å². The topological polar surface area (TPSA) is 22.1 Å². The van der Waals surface area contributed by atoms with E-state index < -0.39 is 0 Å². The van der Waals surface area contributed by atoms with Gasteiger partial charge in [0.2, 0.25) is 0 Å². The molecular formula is C20H15NOS. The molecule has 3 aromatic carbocycles. The molecule has 112 valence electrons. The molecular weight excluding hydrogens is 302 g/mol. The monoisotopic (exact) mass is 317 g/mol. The van der Waals surface area contributed by atoms with Crippen LogP contribution in [0.4, 0.5) is 0 Å². The van der Waals surface area contributed by atoms with Crippen molar-refractivity contribution in [1.82, 2.24) is 4.98 Å². The normalized spacial score (nSPS) is 11.0. The third-order valence-corrected chi connectivity index (χ3v) is 4.39.